The number of benzene rings is 1. The summed E-state index contributed by atoms with van der Waals surface area (Å²) in [5.74, 6) is 2.57. The van der Waals surface area contributed by atoms with E-state index in [4.69, 9.17) is 14.2 Å². The first-order valence-electron chi connectivity index (χ1n) is 12.8. The Hall–Kier alpha value is -3.17. The highest BCUT2D eigenvalue weighted by atomic mass is 16.5. The van der Waals surface area contributed by atoms with E-state index < -0.39 is 6.10 Å². The Bertz CT molecular complexity index is 1210. The zero-order valence-electron chi connectivity index (χ0n) is 21.4. The molecule has 0 N–H and O–H groups in total. The number of carbonyl (C=O) groups is 1. The van der Waals surface area contributed by atoms with Crippen LogP contribution in [0, 0.1) is 12.8 Å². The van der Waals surface area contributed by atoms with Crippen LogP contribution in [0.15, 0.2) is 36.7 Å². The van der Waals surface area contributed by atoms with Gasteiger partial charge in [0.25, 0.3) is 5.91 Å². The number of hydrogen-bond acceptors (Lipinski definition) is 7. The van der Waals surface area contributed by atoms with E-state index in [1.54, 1.807) is 6.20 Å². The van der Waals surface area contributed by atoms with Crippen molar-refractivity contribution in [2.24, 2.45) is 5.92 Å². The molecule has 1 fully saturated rings. The van der Waals surface area contributed by atoms with Crippen LogP contribution in [-0.2, 0) is 22.6 Å². The molecule has 36 heavy (non-hydrogen) atoms. The molecule has 1 saturated heterocycles. The molecule has 2 aliphatic heterocycles. The predicted molar refractivity (Wildman–Crippen MR) is 135 cm³/mol. The van der Waals surface area contributed by atoms with Crippen molar-refractivity contribution < 1.29 is 19.0 Å². The predicted octanol–water partition coefficient (Wildman–Crippen LogP) is 3.08. The first-order valence-corrected chi connectivity index (χ1v) is 12.8. The van der Waals surface area contributed by atoms with E-state index in [-0.39, 0.29) is 5.91 Å². The van der Waals surface area contributed by atoms with Gasteiger partial charge in [-0.2, -0.15) is 0 Å². The van der Waals surface area contributed by atoms with Crippen molar-refractivity contribution in [3.05, 3.63) is 53.6 Å². The van der Waals surface area contributed by atoms with Gasteiger partial charge in [0.1, 0.15) is 6.10 Å². The van der Waals surface area contributed by atoms with Gasteiger partial charge >= 0.3 is 0 Å². The van der Waals surface area contributed by atoms with E-state index in [2.05, 4.69) is 28.7 Å². The molecule has 2 aliphatic rings. The quantitative estimate of drug-likeness (QED) is 0.500. The van der Waals surface area contributed by atoms with Crippen molar-refractivity contribution in [2.45, 2.75) is 46.4 Å². The van der Waals surface area contributed by atoms with E-state index in [0.717, 1.165) is 41.4 Å². The molecule has 4 heterocycles. The Balaban J connectivity index is 1.29. The summed E-state index contributed by atoms with van der Waals surface area (Å²) in [6.45, 7) is 11.2. The summed E-state index contributed by atoms with van der Waals surface area (Å²) in [5.41, 5.74) is 3.08. The standard InChI is InChI=1S/C27H35N5O4/c1-19(2)15-31(16-21-6-7-23-24(14-21)35-12-5-11-34-23)26(33)25-18-30(10-13-36-25)17-22-20(3)29-27-28-8-4-9-32(22)27/h4,6-9,14,19,25H,5,10-13,15-18H2,1-3H3. The number of aryl methyl sites for hydroxylation is 1. The number of nitrogens with zero attached hydrogens (tertiary/aromatic N) is 5. The van der Waals surface area contributed by atoms with Gasteiger partial charge in [0.05, 0.1) is 31.2 Å². The molecule has 1 aromatic carbocycles. The molecule has 9 nitrogen and oxygen atoms in total. The minimum absolute atomic E-state index is 0.0250. The Morgan fingerprint density at radius 1 is 1.19 bits per heavy atom. The van der Waals surface area contributed by atoms with E-state index >= 15 is 0 Å². The van der Waals surface area contributed by atoms with Crippen LogP contribution in [0.5, 0.6) is 11.5 Å². The monoisotopic (exact) mass is 493 g/mol. The first kappa shape index (κ1) is 24.5. The van der Waals surface area contributed by atoms with Crippen molar-refractivity contribution in [3.8, 4) is 11.5 Å². The van der Waals surface area contributed by atoms with Crippen LogP contribution in [-0.4, -0.2) is 75.6 Å². The molecule has 3 aromatic rings. The van der Waals surface area contributed by atoms with Gasteiger partial charge in [-0.15, -0.1) is 0 Å². The fourth-order valence-corrected chi connectivity index (χ4v) is 4.85. The van der Waals surface area contributed by atoms with Crippen molar-refractivity contribution in [3.63, 3.8) is 0 Å². The van der Waals surface area contributed by atoms with E-state index in [0.29, 0.717) is 57.7 Å². The Labute approximate surface area is 212 Å². The summed E-state index contributed by atoms with van der Waals surface area (Å²) >= 11 is 0. The maximum absolute atomic E-state index is 13.7. The highest BCUT2D eigenvalue weighted by Crippen LogP contribution is 2.31. The van der Waals surface area contributed by atoms with Crippen LogP contribution in [0.1, 0.15) is 37.2 Å². The lowest BCUT2D eigenvalue weighted by Crippen LogP contribution is -2.51. The fraction of sp³-hybridized carbons (Fsp3) is 0.519. The SMILES string of the molecule is Cc1nc2ncccn2c1CN1CCOC(C(=O)N(Cc2ccc3c(c2)OCCCO3)CC(C)C)C1. The fourth-order valence-electron chi connectivity index (χ4n) is 4.85. The summed E-state index contributed by atoms with van der Waals surface area (Å²) in [4.78, 5) is 26.8. The molecule has 1 unspecified atom stereocenters. The minimum atomic E-state index is -0.504. The summed E-state index contributed by atoms with van der Waals surface area (Å²) < 4.78 is 19.7. The minimum Gasteiger partial charge on any atom is -0.490 e. The average Bonchev–Trinajstić information content (AvgIpc) is 3.02. The summed E-state index contributed by atoms with van der Waals surface area (Å²) in [6, 6.07) is 7.87. The second-order valence-electron chi connectivity index (χ2n) is 9.97. The summed E-state index contributed by atoms with van der Waals surface area (Å²) in [5, 5.41) is 0. The number of rotatable bonds is 7. The molecule has 192 valence electrons. The molecule has 2 aromatic heterocycles. The van der Waals surface area contributed by atoms with Crippen LogP contribution in [0.2, 0.25) is 0 Å². The summed E-state index contributed by atoms with van der Waals surface area (Å²) in [6.07, 6.45) is 4.10. The Morgan fingerprint density at radius 3 is 2.86 bits per heavy atom. The van der Waals surface area contributed by atoms with Gasteiger partial charge in [-0.1, -0.05) is 19.9 Å². The molecule has 0 spiro atoms. The van der Waals surface area contributed by atoms with Gasteiger partial charge in [-0.05, 0) is 36.6 Å². The maximum atomic E-state index is 13.7. The normalized spacial score (nSPS) is 18.4. The van der Waals surface area contributed by atoms with Crippen molar-refractivity contribution in [1.29, 1.82) is 0 Å². The van der Waals surface area contributed by atoms with E-state index in [1.165, 1.54) is 0 Å². The number of aromatic nitrogens is 3. The van der Waals surface area contributed by atoms with Crippen LogP contribution in [0.4, 0.5) is 0 Å². The zero-order chi connectivity index (χ0) is 25.1. The third kappa shape index (κ3) is 5.47. The van der Waals surface area contributed by atoms with Crippen LogP contribution in [0.3, 0.4) is 0 Å². The lowest BCUT2D eigenvalue weighted by Gasteiger charge is -2.35. The number of morpholine rings is 1. The average molecular weight is 494 g/mol. The third-order valence-corrected chi connectivity index (χ3v) is 6.58. The third-order valence-electron chi connectivity index (χ3n) is 6.58. The molecular weight excluding hydrogens is 458 g/mol. The lowest BCUT2D eigenvalue weighted by molar-refractivity contribution is -0.151. The molecule has 9 heteroatoms. The number of hydrogen-bond donors (Lipinski definition) is 0. The van der Waals surface area contributed by atoms with Gasteiger partial charge in [0.2, 0.25) is 5.78 Å². The molecule has 0 saturated carbocycles. The second kappa shape index (κ2) is 10.8. The second-order valence-corrected chi connectivity index (χ2v) is 9.97. The van der Waals surface area contributed by atoms with Gasteiger partial charge in [-0.25, -0.2) is 9.97 Å². The molecule has 1 amide bonds. The van der Waals surface area contributed by atoms with Crippen LogP contribution in [0.25, 0.3) is 5.78 Å². The van der Waals surface area contributed by atoms with Gasteiger partial charge in [0, 0.05) is 51.5 Å². The smallest absolute Gasteiger partial charge is 0.253 e. The Morgan fingerprint density at radius 2 is 2.03 bits per heavy atom. The molecule has 5 rings (SSSR count). The number of amides is 1. The molecule has 0 aliphatic carbocycles. The first-order chi connectivity index (χ1) is 17.5. The highest BCUT2D eigenvalue weighted by molar-refractivity contribution is 5.81. The maximum Gasteiger partial charge on any atom is 0.253 e. The molecule has 0 radical (unpaired) electrons. The van der Waals surface area contributed by atoms with Gasteiger partial charge in [0.15, 0.2) is 11.5 Å². The highest BCUT2D eigenvalue weighted by Gasteiger charge is 2.31. The van der Waals surface area contributed by atoms with Crippen molar-refractivity contribution in [1.82, 2.24) is 24.2 Å². The van der Waals surface area contributed by atoms with Crippen LogP contribution >= 0.6 is 0 Å². The largest absolute Gasteiger partial charge is 0.490 e. The Kier molecular flexibility index (Phi) is 7.38. The number of ether oxygens (including phenoxy) is 3. The number of fused-ring (bicyclic) bond motifs is 2. The molecule has 1 atom stereocenters. The van der Waals surface area contributed by atoms with Gasteiger partial charge < -0.3 is 19.1 Å². The molecular formula is C27H35N5O4. The van der Waals surface area contributed by atoms with Crippen LogP contribution < -0.4 is 9.47 Å². The number of imidazole rings is 1. The zero-order valence-corrected chi connectivity index (χ0v) is 21.4. The number of carbonyl (C=O) groups excluding carboxylic acids is 1. The lowest BCUT2D eigenvalue weighted by atomic mass is 10.1. The van der Waals surface area contributed by atoms with Crippen molar-refractivity contribution in [2.75, 3.05) is 39.5 Å². The topological polar surface area (TPSA) is 81.4 Å². The summed E-state index contributed by atoms with van der Waals surface area (Å²) in [7, 11) is 0. The van der Waals surface area contributed by atoms with E-state index in [1.807, 2.05) is 46.7 Å². The molecule has 0 bridgehead atoms. The van der Waals surface area contributed by atoms with E-state index in [9.17, 15) is 4.79 Å². The van der Waals surface area contributed by atoms with Gasteiger partial charge in [-0.3, -0.25) is 14.1 Å². The van der Waals surface area contributed by atoms with Crippen molar-refractivity contribution >= 4 is 11.7 Å².